The molecule has 0 aliphatic rings. The molecule has 122 valence electrons. The quantitative estimate of drug-likeness (QED) is 0.458. The van der Waals surface area contributed by atoms with E-state index in [2.05, 4.69) is 15.5 Å². The van der Waals surface area contributed by atoms with Gasteiger partial charge in [0.05, 0.1) is 6.20 Å². The standard InChI is InChI=1S/C18H12N4O3/c23-11-19-14-7-6-13-8-16(18(24)25-17(13)9-14)22-20-10-15(21-22)12-4-2-1-3-5-12/h1-11H,(H,19,23). The molecule has 0 saturated heterocycles. The molecule has 0 atom stereocenters. The van der Waals surface area contributed by atoms with Crippen LogP contribution in [0.5, 0.6) is 0 Å². The average molecular weight is 332 g/mol. The monoisotopic (exact) mass is 332 g/mol. The van der Waals surface area contributed by atoms with E-state index in [1.165, 1.54) is 4.80 Å². The van der Waals surface area contributed by atoms with Crippen molar-refractivity contribution in [1.82, 2.24) is 15.0 Å². The summed E-state index contributed by atoms with van der Waals surface area (Å²) in [5, 5.41) is 11.7. The van der Waals surface area contributed by atoms with Gasteiger partial charge in [0.15, 0.2) is 5.69 Å². The second-order valence-electron chi connectivity index (χ2n) is 5.32. The summed E-state index contributed by atoms with van der Waals surface area (Å²) in [5.41, 5.74) is 2.13. The Morgan fingerprint density at radius 1 is 1.08 bits per heavy atom. The number of benzene rings is 2. The van der Waals surface area contributed by atoms with Crippen LogP contribution >= 0.6 is 0 Å². The Balaban J connectivity index is 1.78. The van der Waals surface area contributed by atoms with Gasteiger partial charge in [-0.3, -0.25) is 4.79 Å². The predicted octanol–water partition coefficient (Wildman–Crippen LogP) is 2.61. The Labute approximate surface area is 141 Å². The first-order valence-electron chi connectivity index (χ1n) is 7.51. The van der Waals surface area contributed by atoms with Crippen molar-refractivity contribution in [2.75, 3.05) is 5.32 Å². The van der Waals surface area contributed by atoms with Crippen molar-refractivity contribution in [2.24, 2.45) is 0 Å². The summed E-state index contributed by atoms with van der Waals surface area (Å²) < 4.78 is 5.34. The number of hydrogen-bond acceptors (Lipinski definition) is 5. The highest BCUT2D eigenvalue weighted by molar-refractivity contribution is 5.84. The summed E-state index contributed by atoms with van der Waals surface area (Å²) in [7, 11) is 0. The Bertz CT molecular complexity index is 1120. The van der Waals surface area contributed by atoms with Crippen molar-refractivity contribution in [3.8, 4) is 16.9 Å². The minimum Gasteiger partial charge on any atom is -0.421 e. The second kappa shape index (κ2) is 6.04. The third-order valence-corrected chi connectivity index (χ3v) is 3.72. The molecule has 2 aromatic heterocycles. The molecule has 0 bridgehead atoms. The van der Waals surface area contributed by atoms with E-state index in [9.17, 15) is 9.59 Å². The maximum absolute atomic E-state index is 12.3. The lowest BCUT2D eigenvalue weighted by Crippen LogP contribution is -2.12. The number of carbonyl (C=O) groups is 1. The van der Waals surface area contributed by atoms with Crippen LogP contribution in [0.4, 0.5) is 5.69 Å². The van der Waals surface area contributed by atoms with E-state index in [1.54, 1.807) is 30.5 Å². The Morgan fingerprint density at radius 3 is 2.72 bits per heavy atom. The number of amides is 1. The number of carbonyl (C=O) groups excluding carboxylic acids is 1. The average Bonchev–Trinajstić information content (AvgIpc) is 3.12. The van der Waals surface area contributed by atoms with Gasteiger partial charge in [-0.05, 0) is 18.2 Å². The maximum atomic E-state index is 12.3. The van der Waals surface area contributed by atoms with Gasteiger partial charge in [-0.2, -0.15) is 5.10 Å². The molecule has 0 radical (unpaired) electrons. The molecule has 0 unspecified atom stereocenters. The van der Waals surface area contributed by atoms with Gasteiger partial charge >= 0.3 is 5.63 Å². The van der Waals surface area contributed by atoms with E-state index >= 15 is 0 Å². The molecule has 7 heteroatoms. The smallest absolute Gasteiger partial charge is 0.364 e. The molecule has 7 nitrogen and oxygen atoms in total. The van der Waals surface area contributed by atoms with E-state index in [4.69, 9.17) is 4.42 Å². The molecule has 4 rings (SSSR count). The summed E-state index contributed by atoms with van der Waals surface area (Å²) >= 11 is 0. The third-order valence-electron chi connectivity index (χ3n) is 3.72. The van der Waals surface area contributed by atoms with E-state index in [1.807, 2.05) is 30.3 Å². The van der Waals surface area contributed by atoms with Crippen LogP contribution in [0.15, 0.2) is 70.0 Å². The Morgan fingerprint density at radius 2 is 1.92 bits per heavy atom. The molecule has 0 fully saturated rings. The number of hydrogen-bond donors (Lipinski definition) is 1. The first kappa shape index (κ1) is 14.8. The summed E-state index contributed by atoms with van der Waals surface area (Å²) in [6.07, 6.45) is 2.16. The molecular formula is C18H12N4O3. The normalized spacial score (nSPS) is 10.7. The summed E-state index contributed by atoms with van der Waals surface area (Å²) in [4.78, 5) is 24.1. The van der Waals surface area contributed by atoms with Crippen LogP contribution in [-0.4, -0.2) is 21.4 Å². The summed E-state index contributed by atoms with van der Waals surface area (Å²) in [6, 6.07) is 16.3. The van der Waals surface area contributed by atoms with Crippen LogP contribution in [0, 0.1) is 0 Å². The molecule has 1 amide bonds. The van der Waals surface area contributed by atoms with Crippen molar-refractivity contribution in [1.29, 1.82) is 0 Å². The zero-order valence-corrected chi connectivity index (χ0v) is 12.9. The number of anilines is 1. The number of nitrogens with one attached hydrogen (secondary N) is 1. The lowest BCUT2D eigenvalue weighted by Gasteiger charge is -2.03. The van der Waals surface area contributed by atoms with Gasteiger partial charge in [-0.1, -0.05) is 30.3 Å². The first-order chi connectivity index (χ1) is 12.2. The van der Waals surface area contributed by atoms with Crippen LogP contribution < -0.4 is 10.9 Å². The molecule has 0 saturated carbocycles. The van der Waals surface area contributed by atoms with E-state index in [0.29, 0.717) is 28.8 Å². The van der Waals surface area contributed by atoms with Crippen LogP contribution in [0.3, 0.4) is 0 Å². The summed E-state index contributed by atoms with van der Waals surface area (Å²) in [5.74, 6) is 0. The van der Waals surface area contributed by atoms with E-state index in [0.717, 1.165) is 5.56 Å². The van der Waals surface area contributed by atoms with Gasteiger partial charge in [-0.15, -0.1) is 9.90 Å². The van der Waals surface area contributed by atoms with Crippen molar-refractivity contribution in [3.63, 3.8) is 0 Å². The minimum absolute atomic E-state index is 0.214. The molecule has 4 aromatic rings. The van der Waals surface area contributed by atoms with Gasteiger partial charge in [-0.25, -0.2) is 4.79 Å². The minimum atomic E-state index is -0.564. The van der Waals surface area contributed by atoms with Gasteiger partial charge in [0.1, 0.15) is 11.3 Å². The van der Waals surface area contributed by atoms with Crippen molar-refractivity contribution >= 4 is 23.1 Å². The maximum Gasteiger partial charge on any atom is 0.364 e. The first-order valence-corrected chi connectivity index (χ1v) is 7.51. The van der Waals surface area contributed by atoms with Crippen LogP contribution in [0.1, 0.15) is 0 Å². The highest BCUT2D eigenvalue weighted by Gasteiger charge is 2.11. The van der Waals surface area contributed by atoms with Gasteiger partial charge in [0, 0.05) is 22.7 Å². The number of aromatic nitrogens is 3. The van der Waals surface area contributed by atoms with E-state index < -0.39 is 5.63 Å². The molecule has 2 heterocycles. The number of fused-ring (bicyclic) bond motifs is 1. The van der Waals surface area contributed by atoms with Crippen molar-refractivity contribution in [2.45, 2.75) is 0 Å². The number of rotatable bonds is 4. The second-order valence-corrected chi connectivity index (χ2v) is 5.32. The van der Waals surface area contributed by atoms with Crippen LogP contribution in [0.2, 0.25) is 0 Å². The SMILES string of the molecule is O=CNc1ccc2cc(-n3ncc(-c4ccccc4)n3)c(=O)oc2c1. The molecule has 25 heavy (non-hydrogen) atoms. The molecule has 0 aliphatic heterocycles. The topological polar surface area (TPSA) is 90.0 Å². The Hall–Kier alpha value is -3.74. The zero-order valence-electron chi connectivity index (χ0n) is 12.9. The summed E-state index contributed by atoms with van der Waals surface area (Å²) in [6.45, 7) is 0. The largest absolute Gasteiger partial charge is 0.421 e. The van der Waals surface area contributed by atoms with Gasteiger partial charge in [0.2, 0.25) is 6.41 Å². The fraction of sp³-hybridized carbons (Fsp3) is 0. The fourth-order valence-electron chi connectivity index (χ4n) is 2.52. The lowest BCUT2D eigenvalue weighted by molar-refractivity contribution is -0.105. The highest BCUT2D eigenvalue weighted by Crippen LogP contribution is 2.20. The molecule has 0 spiro atoms. The van der Waals surface area contributed by atoms with Gasteiger partial charge in [0.25, 0.3) is 0 Å². The Kier molecular flexibility index (Phi) is 3.59. The molecule has 1 N–H and O–H groups in total. The number of nitrogens with zero attached hydrogens (tertiary/aromatic N) is 3. The highest BCUT2D eigenvalue weighted by atomic mass is 16.4. The van der Waals surface area contributed by atoms with Crippen LogP contribution in [-0.2, 0) is 4.79 Å². The predicted molar refractivity (Wildman–Crippen MR) is 92.5 cm³/mol. The van der Waals surface area contributed by atoms with Crippen LogP contribution in [0.25, 0.3) is 27.9 Å². The fourth-order valence-corrected chi connectivity index (χ4v) is 2.52. The molecule has 2 aromatic carbocycles. The zero-order chi connectivity index (χ0) is 17.2. The molecule has 0 aliphatic carbocycles. The third kappa shape index (κ3) is 2.78. The molecular weight excluding hydrogens is 320 g/mol. The lowest BCUT2D eigenvalue weighted by atomic mass is 10.2. The van der Waals surface area contributed by atoms with Crippen molar-refractivity contribution < 1.29 is 9.21 Å². The van der Waals surface area contributed by atoms with Crippen molar-refractivity contribution in [3.05, 3.63) is 71.2 Å². The van der Waals surface area contributed by atoms with Gasteiger partial charge < -0.3 is 9.73 Å². The van der Waals surface area contributed by atoms with E-state index in [-0.39, 0.29) is 5.69 Å².